The van der Waals surface area contributed by atoms with E-state index in [0.29, 0.717) is 32.1 Å². The SMILES string of the molecule is CC(C)c1ccc(NC(=O)[C@@H](C2CCCC2)N2CCN(C(=O)c3cc(F)cc(F)c3)CC2)cc1. The number of carbonyl (C=O) groups excluding carboxylic acids is 2. The van der Waals surface area contributed by atoms with E-state index in [1.54, 1.807) is 4.90 Å². The normalized spacial score (nSPS) is 18.3. The molecule has 34 heavy (non-hydrogen) atoms. The van der Waals surface area contributed by atoms with Gasteiger partial charge in [-0.25, -0.2) is 8.78 Å². The Morgan fingerprint density at radius 1 is 0.912 bits per heavy atom. The van der Waals surface area contributed by atoms with Crippen LogP contribution in [0.3, 0.4) is 0 Å². The lowest BCUT2D eigenvalue weighted by Gasteiger charge is -2.40. The van der Waals surface area contributed by atoms with Gasteiger partial charge in [0, 0.05) is 43.5 Å². The van der Waals surface area contributed by atoms with Crippen LogP contribution in [0.2, 0.25) is 0 Å². The maximum atomic E-state index is 13.6. The van der Waals surface area contributed by atoms with E-state index in [1.165, 1.54) is 5.56 Å². The first-order valence-corrected chi connectivity index (χ1v) is 12.2. The number of nitrogens with one attached hydrogen (secondary N) is 1. The topological polar surface area (TPSA) is 52.7 Å². The average molecular weight is 470 g/mol. The van der Waals surface area contributed by atoms with Crippen LogP contribution in [0.1, 0.15) is 61.4 Å². The van der Waals surface area contributed by atoms with Gasteiger partial charge in [-0.15, -0.1) is 0 Å². The highest BCUT2D eigenvalue weighted by Crippen LogP contribution is 2.32. The summed E-state index contributed by atoms with van der Waals surface area (Å²) < 4.78 is 27.1. The fraction of sp³-hybridized carbons (Fsp3) is 0.481. The maximum absolute atomic E-state index is 13.6. The summed E-state index contributed by atoms with van der Waals surface area (Å²) in [4.78, 5) is 30.0. The molecule has 5 nitrogen and oxygen atoms in total. The van der Waals surface area contributed by atoms with Crippen molar-refractivity contribution in [2.24, 2.45) is 5.92 Å². The van der Waals surface area contributed by atoms with Crippen molar-refractivity contribution in [3.8, 4) is 0 Å². The first-order chi connectivity index (χ1) is 16.3. The van der Waals surface area contributed by atoms with Crippen molar-refractivity contribution in [1.82, 2.24) is 9.80 Å². The predicted molar refractivity (Wildman–Crippen MR) is 129 cm³/mol. The lowest BCUT2D eigenvalue weighted by Crippen LogP contribution is -2.56. The monoisotopic (exact) mass is 469 g/mol. The largest absolute Gasteiger partial charge is 0.336 e. The summed E-state index contributed by atoms with van der Waals surface area (Å²) in [6, 6.07) is 10.6. The van der Waals surface area contributed by atoms with Gasteiger partial charge in [-0.05, 0) is 54.5 Å². The highest BCUT2D eigenvalue weighted by atomic mass is 19.1. The van der Waals surface area contributed by atoms with E-state index >= 15 is 0 Å². The fourth-order valence-corrected chi connectivity index (χ4v) is 5.18. The third-order valence-electron chi connectivity index (χ3n) is 7.06. The van der Waals surface area contributed by atoms with Gasteiger partial charge in [-0.3, -0.25) is 14.5 Å². The zero-order valence-electron chi connectivity index (χ0n) is 19.9. The molecule has 1 atom stereocenters. The summed E-state index contributed by atoms with van der Waals surface area (Å²) in [5.41, 5.74) is 2.03. The summed E-state index contributed by atoms with van der Waals surface area (Å²) >= 11 is 0. The molecule has 1 aliphatic carbocycles. The van der Waals surface area contributed by atoms with Crippen molar-refractivity contribution in [3.63, 3.8) is 0 Å². The first kappa shape index (κ1) is 24.3. The highest BCUT2D eigenvalue weighted by molar-refractivity contribution is 5.95. The van der Waals surface area contributed by atoms with E-state index in [4.69, 9.17) is 0 Å². The number of amides is 2. The predicted octanol–water partition coefficient (Wildman–Crippen LogP) is 5.04. The summed E-state index contributed by atoms with van der Waals surface area (Å²) in [5.74, 6) is -1.20. The zero-order valence-corrected chi connectivity index (χ0v) is 19.9. The standard InChI is InChI=1S/C27H33F2N3O2/c1-18(2)19-7-9-24(10-8-19)30-26(33)25(20-5-3-4-6-20)31-11-13-32(14-12-31)27(34)21-15-22(28)17-23(29)16-21/h7-10,15-18,20,25H,3-6,11-14H2,1-2H3,(H,30,33)/t25-/m1/s1. The molecule has 1 saturated heterocycles. The number of nitrogens with zero attached hydrogens (tertiary/aromatic N) is 2. The number of anilines is 1. The lowest BCUT2D eigenvalue weighted by molar-refractivity contribution is -0.123. The van der Waals surface area contributed by atoms with Gasteiger partial charge in [0.05, 0.1) is 6.04 Å². The third kappa shape index (κ3) is 5.63. The van der Waals surface area contributed by atoms with Gasteiger partial charge in [0.25, 0.3) is 5.91 Å². The van der Waals surface area contributed by atoms with E-state index in [1.807, 2.05) is 24.3 Å². The van der Waals surface area contributed by atoms with Gasteiger partial charge in [-0.2, -0.15) is 0 Å². The molecule has 0 radical (unpaired) electrons. The summed E-state index contributed by atoms with van der Waals surface area (Å²) in [6.45, 7) is 6.19. The minimum absolute atomic E-state index is 0.00354. The van der Waals surface area contributed by atoms with Crippen LogP contribution in [0.5, 0.6) is 0 Å². The molecule has 0 bridgehead atoms. The van der Waals surface area contributed by atoms with Gasteiger partial charge in [0.1, 0.15) is 11.6 Å². The Labute approximate surface area is 200 Å². The van der Waals surface area contributed by atoms with Crippen LogP contribution < -0.4 is 5.32 Å². The van der Waals surface area contributed by atoms with Crippen LogP contribution in [-0.2, 0) is 4.79 Å². The minimum Gasteiger partial charge on any atom is -0.336 e. The molecule has 1 saturated carbocycles. The Kier molecular flexibility index (Phi) is 7.61. The molecular formula is C27H33F2N3O2. The summed E-state index contributed by atoms with van der Waals surface area (Å²) in [6.07, 6.45) is 4.29. The molecule has 2 aromatic rings. The second-order valence-electron chi connectivity index (χ2n) is 9.74. The molecule has 0 aromatic heterocycles. The lowest BCUT2D eigenvalue weighted by atomic mass is 9.94. The van der Waals surface area contributed by atoms with E-state index in [9.17, 15) is 18.4 Å². The van der Waals surface area contributed by atoms with Crippen LogP contribution in [0.15, 0.2) is 42.5 Å². The van der Waals surface area contributed by atoms with Gasteiger partial charge in [0.15, 0.2) is 0 Å². The van der Waals surface area contributed by atoms with Crippen LogP contribution in [0, 0.1) is 17.6 Å². The Balaban J connectivity index is 1.43. The zero-order chi connectivity index (χ0) is 24.2. The molecule has 2 fully saturated rings. The fourth-order valence-electron chi connectivity index (χ4n) is 5.18. The minimum atomic E-state index is -0.763. The second kappa shape index (κ2) is 10.6. The summed E-state index contributed by atoms with van der Waals surface area (Å²) in [7, 11) is 0. The molecule has 2 aliphatic rings. The Hall–Kier alpha value is -2.80. The number of halogens is 2. The molecule has 1 aliphatic heterocycles. The Morgan fingerprint density at radius 3 is 2.06 bits per heavy atom. The van der Waals surface area contributed by atoms with Crippen LogP contribution in [0.25, 0.3) is 0 Å². The van der Waals surface area contributed by atoms with E-state index in [2.05, 4.69) is 24.1 Å². The van der Waals surface area contributed by atoms with Crippen molar-refractivity contribution in [3.05, 3.63) is 65.2 Å². The molecule has 1 heterocycles. The molecule has 1 N–H and O–H groups in total. The van der Waals surface area contributed by atoms with E-state index in [-0.39, 0.29) is 29.3 Å². The van der Waals surface area contributed by atoms with Gasteiger partial charge in [0.2, 0.25) is 5.91 Å². The van der Waals surface area contributed by atoms with Gasteiger partial charge in [-0.1, -0.05) is 38.8 Å². The molecule has 2 amide bonds. The Bertz CT molecular complexity index is 991. The number of hydrogen-bond acceptors (Lipinski definition) is 3. The van der Waals surface area contributed by atoms with Gasteiger partial charge < -0.3 is 10.2 Å². The summed E-state index contributed by atoms with van der Waals surface area (Å²) in [5, 5.41) is 3.11. The van der Waals surface area contributed by atoms with Gasteiger partial charge >= 0.3 is 0 Å². The highest BCUT2D eigenvalue weighted by Gasteiger charge is 2.37. The van der Waals surface area contributed by atoms with Crippen LogP contribution in [-0.4, -0.2) is 53.8 Å². The maximum Gasteiger partial charge on any atom is 0.254 e. The quantitative estimate of drug-likeness (QED) is 0.645. The molecular weight excluding hydrogens is 436 g/mol. The molecule has 7 heteroatoms. The van der Waals surface area contributed by atoms with Crippen LogP contribution in [0.4, 0.5) is 14.5 Å². The molecule has 0 unspecified atom stereocenters. The third-order valence-corrected chi connectivity index (χ3v) is 7.06. The van der Waals surface area contributed by atoms with Crippen molar-refractivity contribution in [1.29, 1.82) is 0 Å². The van der Waals surface area contributed by atoms with E-state index < -0.39 is 11.6 Å². The van der Waals surface area contributed by atoms with Crippen LogP contribution >= 0.6 is 0 Å². The molecule has 2 aromatic carbocycles. The second-order valence-corrected chi connectivity index (χ2v) is 9.74. The number of piperazine rings is 1. The van der Waals surface area contributed by atoms with Crippen molar-refractivity contribution in [2.75, 3.05) is 31.5 Å². The first-order valence-electron chi connectivity index (χ1n) is 12.2. The number of hydrogen-bond donors (Lipinski definition) is 1. The number of rotatable bonds is 6. The number of benzene rings is 2. The van der Waals surface area contributed by atoms with E-state index in [0.717, 1.165) is 49.6 Å². The van der Waals surface area contributed by atoms with Crippen molar-refractivity contribution in [2.45, 2.75) is 51.5 Å². The average Bonchev–Trinajstić information content (AvgIpc) is 3.33. The van der Waals surface area contributed by atoms with Crippen molar-refractivity contribution < 1.29 is 18.4 Å². The van der Waals surface area contributed by atoms with Crippen molar-refractivity contribution >= 4 is 17.5 Å². The Morgan fingerprint density at radius 2 is 1.50 bits per heavy atom. The smallest absolute Gasteiger partial charge is 0.254 e. The molecule has 182 valence electrons. The number of carbonyl (C=O) groups is 2. The molecule has 4 rings (SSSR count). The molecule has 0 spiro atoms.